The third kappa shape index (κ3) is 9.47. The van der Waals surface area contributed by atoms with E-state index >= 15 is 0 Å². The first kappa shape index (κ1) is 9.56. The fraction of sp³-hybridized carbons (Fsp3) is 0.900. The van der Waals surface area contributed by atoms with Crippen molar-refractivity contribution in [3.8, 4) is 0 Å². The van der Waals surface area contributed by atoms with E-state index in [1.807, 2.05) is 0 Å². The molecular weight excluding hydrogens is 152 g/mol. The molecular formula is C10H20O2. The van der Waals surface area contributed by atoms with Gasteiger partial charge in [0.1, 0.15) is 0 Å². The van der Waals surface area contributed by atoms with Crippen LogP contribution >= 0.6 is 0 Å². The van der Waals surface area contributed by atoms with Crippen LogP contribution in [0.2, 0.25) is 0 Å². The topological polar surface area (TPSA) is 37.3 Å². The van der Waals surface area contributed by atoms with Crippen LogP contribution in [0.3, 0.4) is 0 Å². The molecule has 12 heavy (non-hydrogen) atoms. The number of carboxylic acid groups (broad SMARTS) is 1. The van der Waals surface area contributed by atoms with E-state index in [1.165, 1.54) is 19.3 Å². The number of hydrogen-bond acceptors (Lipinski definition) is 1. The van der Waals surface area contributed by atoms with Crippen LogP contribution in [0.25, 0.3) is 0 Å². The van der Waals surface area contributed by atoms with Crippen molar-refractivity contribution in [1.29, 1.82) is 0 Å². The molecule has 0 saturated carbocycles. The molecule has 0 bridgehead atoms. The summed E-state index contributed by atoms with van der Waals surface area (Å²) in [5.74, 6) is -0.786. The molecule has 1 unspecified atom stereocenters. The number of rotatable bonds is 8. The van der Waals surface area contributed by atoms with Gasteiger partial charge in [-0.05, 0) is 6.42 Å². The van der Waals surface area contributed by atoms with Crippen molar-refractivity contribution in [2.45, 2.75) is 58.3 Å². The summed E-state index contributed by atoms with van der Waals surface area (Å²) in [6.07, 6.45) is 6.01. The van der Waals surface area contributed by atoms with E-state index in [1.54, 1.807) is 0 Å². The van der Waals surface area contributed by atoms with E-state index in [0.717, 1.165) is 12.8 Å². The number of carbonyl (C=O) groups is 1. The molecule has 1 atom stereocenters. The molecule has 2 heteroatoms. The zero-order chi connectivity index (χ0) is 10.1. The molecule has 1 N–H and O–H groups in total. The predicted octanol–water partition coefficient (Wildman–Crippen LogP) is 3.21. The summed E-state index contributed by atoms with van der Waals surface area (Å²) in [6, 6.07) is 0. The molecule has 0 amide bonds. The molecule has 0 aromatic carbocycles. The maximum Gasteiger partial charge on any atom is 0.303 e. The molecule has 0 fully saturated rings. The minimum Gasteiger partial charge on any atom is -0.481 e. The minimum absolute atomic E-state index is 0.141. The fourth-order valence-electron chi connectivity index (χ4n) is 1.09. The second-order valence-electron chi connectivity index (χ2n) is 3.07. The Hall–Kier alpha value is -0.530. The van der Waals surface area contributed by atoms with E-state index < -0.39 is 5.97 Å². The summed E-state index contributed by atoms with van der Waals surface area (Å²) in [5.41, 5.74) is 0. The van der Waals surface area contributed by atoms with Crippen LogP contribution in [0.15, 0.2) is 0 Å². The van der Waals surface area contributed by atoms with Crippen molar-refractivity contribution in [3.63, 3.8) is 0 Å². The highest BCUT2D eigenvalue weighted by Crippen LogP contribution is 2.07. The Morgan fingerprint density at radius 1 is 1.25 bits per heavy atom. The summed E-state index contributed by atoms with van der Waals surface area (Å²) in [5, 5.41) is 8.39. The van der Waals surface area contributed by atoms with Gasteiger partial charge in [-0.3, -0.25) is 4.79 Å². The number of aliphatic carboxylic acids is 1. The van der Waals surface area contributed by atoms with Gasteiger partial charge >= 0.3 is 5.97 Å². The van der Waals surface area contributed by atoms with Gasteiger partial charge in [0.05, 0.1) is 0 Å². The van der Waals surface area contributed by atoms with E-state index in [-0.39, 0.29) is 12.8 Å². The Labute approximate surface area is 76.4 Å². The van der Waals surface area contributed by atoms with Crippen LogP contribution in [0.1, 0.15) is 59.6 Å². The third-order valence-corrected chi connectivity index (χ3v) is 1.82. The van der Waals surface area contributed by atoms with Gasteiger partial charge in [0.2, 0.25) is 0 Å². The molecule has 2 nitrogen and oxygen atoms in total. The van der Waals surface area contributed by atoms with Crippen LogP contribution in [-0.4, -0.2) is 11.1 Å². The monoisotopic (exact) mass is 173 g/mol. The van der Waals surface area contributed by atoms with Crippen molar-refractivity contribution < 1.29 is 11.3 Å². The van der Waals surface area contributed by atoms with Crippen LogP contribution in [-0.2, 0) is 4.79 Å². The predicted molar refractivity (Wildman–Crippen MR) is 50.2 cm³/mol. The van der Waals surface area contributed by atoms with Gasteiger partial charge < -0.3 is 5.11 Å². The lowest BCUT2D eigenvalue weighted by Crippen LogP contribution is -1.93. The number of carboxylic acids is 1. The first-order valence-electron chi connectivity index (χ1n) is 5.38. The molecule has 0 aliphatic carbocycles. The highest BCUT2D eigenvalue weighted by Gasteiger charge is 1.95. The molecule has 0 saturated heterocycles. The summed E-state index contributed by atoms with van der Waals surface area (Å²) in [4.78, 5) is 10.2. The summed E-state index contributed by atoms with van der Waals surface area (Å²) in [6.45, 7) is 2.16. The van der Waals surface area contributed by atoms with E-state index in [2.05, 4.69) is 6.92 Å². The van der Waals surface area contributed by atoms with Crippen LogP contribution in [0.5, 0.6) is 0 Å². The largest absolute Gasteiger partial charge is 0.481 e. The van der Waals surface area contributed by atoms with Gasteiger partial charge in [0.25, 0.3) is 0 Å². The van der Waals surface area contributed by atoms with Crippen molar-refractivity contribution in [3.05, 3.63) is 0 Å². The molecule has 0 aromatic rings. The highest BCUT2D eigenvalue weighted by molar-refractivity contribution is 5.66. The smallest absolute Gasteiger partial charge is 0.303 e. The van der Waals surface area contributed by atoms with E-state index in [4.69, 9.17) is 6.48 Å². The molecule has 0 aliphatic rings. The van der Waals surface area contributed by atoms with Crippen molar-refractivity contribution in [1.82, 2.24) is 0 Å². The highest BCUT2D eigenvalue weighted by atomic mass is 16.4. The fourth-order valence-corrected chi connectivity index (χ4v) is 1.09. The number of unbranched alkanes of at least 4 members (excludes halogenated alkanes) is 3. The van der Waals surface area contributed by atoms with Gasteiger partial charge in [-0.2, -0.15) is 0 Å². The summed E-state index contributed by atoms with van der Waals surface area (Å²) in [7, 11) is 0. The average Bonchev–Trinajstić information content (AvgIpc) is 2.09. The first-order chi connectivity index (χ1) is 6.16. The molecule has 0 radical (unpaired) electrons. The van der Waals surface area contributed by atoms with Gasteiger partial charge in [-0.1, -0.05) is 45.4 Å². The summed E-state index contributed by atoms with van der Waals surface area (Å²) >= 11 is 0. The van der Waals surface area contributed by atoms with Crippen LogP contribution in [0.4, 0.5) is 0 Å². The molecule has 72 valence electrons. The Morgan fingerprint density at radius 2 is 1.92 bits per heavy atom. The van der Waals surface area contributed by atoms with Crippen LogP contribution in [0, 0.1) is 0 Å². The second kappa shape index (κ2) is 8.57. The van der Waals surface area contributed by atoms with E-state index in [9.17, 15) is 4.79 Å². The third-order valence-electron chi connectivity index (χ3n) is 1.82. The SMILES string of the molecule is [2H]C(CCCCCC)CCC(=O)O. The summed E-state index contributed by atoms with van der Waals surface area (Å²) < 4.78 is 7.54. The minimum atomic E-state index is -0.786. The molecule has 0 aromatic heterocycles. The van der Waals surface area contributed by atoms with Gasteiger partial charge in [0.15, 0.2) is 0 Å². The molecule has 0 spiro atoms. The maximum absolute atomic E-state index is 10.2. The molecule has 0 heterocycles. The van der Waals surface area contributed by atoms with Crippen molar-refractivity contribution >= 4 is 5.97 Å². The normalized spacial score (nSPS) is 13.9. The van der Waals surface area contributed by atoms with Gasteiger partial charge in [-0.15, -0.1) is 0 Å². The Balaban J connectivity index is 3.19. The molecule has 0 aliphatic heterocycles. The standard InChI is InChI=1S/C10H20O2/c1-2-3-4-5-6-7-8-9-10(11)12/h2-9H2,1H3,(H,11,12)/i7D. The Morgan fingerprint density at radius 3 is 2.50 bits per heavy atom. The lowest BCUT2D eigenvalue weighted by atomic mass is 10.1. The number of hydrogen-bond donors (Lipinski definition) is 1. The van der Waals surface area contributed by atoms with E-state index in [0.29, 0.717) is 6.42 Å². The van der Waals surface area contributed by atoms with Crippen molar-refractivity contribution in [2.24, 2.45) is 0 Å². The van der Waals surface area contributed by atoms with Crippen LogP contribution < -0.4 is 0 Å². The first-order valence-corrected chi connectivity index (χ1v) is 4.80. The zero-order valence-electron chi connectivity index (χ0n) is 8.88. The second-order valence-corrected chi connectivity index (χ2v) is 3.07. The Kier molecular flexibility index (Phi) is 6.82. The van der Waals surface area contributed by atoms with Gasteiger partial charge in [-0.25, -0.2) is 0 Å². The quantitative estimate of drug-likeness (QED) is 0.572. The lowest BCUT2D eigenvalue weighted by molar-refractivity contribution is -0.137. The Bertz CT molecular complexity index is 137. The molecule has 0 rings (SSSR count). The zero-order valence-corrected chi connectivity index (χ0v) is 7.88. The van der Waals surface area contributed by atoms with Gasteiger partial charge in [0, 0.05) is 7.79 Å². The van der Waals surface area contributed by atoms with Crippen molar-refractivity contribution in [2.75, 3.05) is 0 Å². The average molecular weight is 173 g/mol. The lowest BCUT2D eigenvalue weighted by Gasteiger charge is -1.98. The maximum atomic E-state index is 10.2.